The van der Waals surface area contributed by atoms with Crippen LogP contribution >= 0.6 is 11.3 Å². The van der Waals surface area contributed by atoms with E-state index >= 15 is 0 Å². The van der Waals surface area contributed by atoms with Crippen molar-refractivity contribution >= 4 is 28.8 Å². The number of nitrogens with zero attached hydrogens (tertiary/aromatic N) is 1. The Hall–Kier alpha value is -3.20. The largest absolute Gasteiger partial charge is 0.379 e. The van der Waals surface area contributed by atoms with Crippen LogP contribution in [0, 0.1) is 12.8 Å². The molecule has 1 aliphatic carbocycles. The number of nitrogens with one attached hydrogen (secondary N) is 3. The van der Waals surface area contributed by atoms with E-state index in [2.05, 4.69) is 52.3 Å². The third-order valence-corrected chi connectivity index (χ3v) is 9.78. The predicted molar refractivity (Wildman–Crippen MR) is 173 cm³/mol. The third kappa shape index (κ3) is 7.22. The van der Waals surface area contributed by atoms with Gasteiger partial charge in [-0.3, -0.25) is 9.59 Å². The summed E-state index contributed by atoms with van der Waals surface area (Å²) in [5, 5.41) is 10.4. The van der Waals surface area contributed by atoms with E-state index < -0.39 is 6.04 Å². The first-order chi connectivity index (χ1) is 20.2. The van der Waals surface area contributed by atoms with Gasteiger partial charge in [0.2, 0.25) is 5.91 Å². The topological polar surface area (TPSA) is 99.5 Å². The minimum absolute atomic E-state index is 0.000858. The number of aryl methyl sites for hydroxylation is 1. The van der Waals surface area contributed by atoms with Gasteiger partial charge in [-0.05, 0) is 79.6 Å². The van der Waals surface area contributed by atoms with E-state index in [4.69, 9.17) is 5.73 Å². The number of benzene rings is 2. The number of likely N-dealkylation sites (tertiary alicyclic amines) is 1. The van der Waals surface area contributed by atoms with E-state index in [0.717, 1.165) is 23.4 Å². The van der Waals surface area contributed by atoms with Crippen molar-refractivity contribution in [2.24, 2.45) is 11.7 Å². The Morgan fingerprint density at radius 2 is 1.76 bits per heavy atom. The number of anilines is 1. The van der Waals surface area contributed by atoms with E-state index in [1.807, 2.05) is 57.2 Å². The van der Waals surface area contributed by atoms with Crippen LogP contribution in [0.4, 0.5) is 5.69 Å². The summed E-state index contributed by atoms with van der Waals surface area (Å²) in [6, 6.07) is 19.0. The lowest BCUT2D eigenvalue weighted by molar-refractivity contribution is -0.137. The van der Waals surface area contributed by atoms with Gasteiger partial charge >= 0.3 is 0 Å². The Balaban J connectivity index is 1.17. The van der Waals surface area contributed by atoms with Crippen LogP contribution < -0.4 is 21.7 Å². The first-order valence-electron chi connectivity index (χ1n) is 15.3. The Labute approximate surface area is 254 Å². The van der Waals surface area contributed by atoms with Crippen LogP contribution in [0.2, 0.25) is 0 Å². The zero-order chi connectivity index (χ0) is 29.8. The Bertz CT molecular complexity index is 1390. The normalized spacial score (nSPS) is 17.2. The molecule has 2 aliphatic rings. The molecule has 0 radical (unpaired) electrons. The number of thiophene rings is 1. The minimum atomic E-state index is -0.463. The Morgan fingerprint density at radius 1 is 1.00 bits per heavy atom. The van der Waals surface area contributed by atoms with Crippen molar-refractivity contribution in [3.63, 3.8) is 0 Å². The maximum atomic E-state index is 13.4. The van der Waals surface area contributed by atoms with Gasteiger partial charge in [0.15, 0.2) is 0 Å². The molecule has 224 valence electrons. The number of rotatable bonds is 11. The zero-order valence-corrected chi connectivity index (χ0v) is 26.1. The van der Waals surface area contributed by atoms with Crippen molar-refractivity contribution in [1.82, 2.24) is 15.5 Å². The highest BCUT2D eigenvalue weighted by atomic mass is 32.1. The second kappa shape index (κ2) is 13.4. The highest BCUT2D eigenvalue weighted by Crippen LogP contribution is 2.31. The van der Waals surface area contributed by atoms with E-state index in [0.29, 0.717) is 24.7 Å². The molecule has 2 unspecified atom stereocenters. The summed E-state index contributed by atoms with van der Waals surface area (Å²) in [6.45, 7) is 10.1. The molecule has 42 heavy (non-hydrogen) atoms. The highest BCUT2D eigenvalue weighted by molar-refractivity contribution is 7.15. The molecule has 2 amide bonds. The highest BCUT2D eigenvalue weighted by Gasteiger charge is 2.34. The van der Waals surface area contributed by atoms with Gasteiger partial charge in [0.1, 0.15) is 0 Å². The number of hydrogen-bond acceptors (Lipinski definition) is 6. The van der Waals surface area contributed by atoms with Gasteiger partial charge in [-0.15, -0.1) is 11.3 Å². The van der Waals surface area contributed by atoms with Crippen molar-refractivity contribution in [2.75, 3.05) is 18.4 Å². The van der Waals surface area contributed by atoms with Crippen LogP contribution in [0.5, 0.6) is 0 Å². The second-order valence-electron chi connectivity index (χ2n) is 12.3. The molecule has 0 bridgehead atoms. The SMILES string of the molecule is Cc1ccc(NC2CN(C(=O)C(N)C(C)C)C2)cc1C(=O)NC(C)c1cccc(-c2ccc(CNC3CCCC3)s2)c1. The number of carbonyl (C=O) groups excluding carboxylic acids is 2. The quantitative estimate of drug-likeness (QED) is 0.226. The molecule has 8 heteroatoms. The lowest BCUT2D eigenvalue weighted by atomic mass is 10.00. The molecule has 1 aromatic heterocycles. The van der Waals surface area contributed by atoms with Crippen molar-refractivity contribution in [2.45, 2.75) is 84.1 Å². The third-order valence-electron chi connectivity index (χ3n) is 8.65. The van der Waals surface area contributed by atoms with Gasteiger partial charge in [0, 0.05) is 46.7 Å². The molecular weight excluding hydrogens is 542 g/mol. The lowest BCUT2D eigenvalue weighted by Gasteiger charge is -2.41. The van der Waals surface area contributed by atoms with Crippen molar-refractivity contribution in [1.29, 1.82) is 0 Å². The summed E-state index contributed by atoms with van der Waals surface area (Å²) in [5.41, 5.74) is 10.7. The van der Waals surface area contributed by atoms with Gasteiger partial charge in [0.25, 0.3) is 5.91 Å². The summed E-state index contributed by atoms with van der Waals surface area (Å²) in [4.78, 5) is 30.2. The molecule has 1 saturated carbocycles. The molecule has 2 heterocycles. The molecule has 2 fully saturated rings. The van der Waals surface area contributed by atoms with Crippen LogP contribution in [-0.2, 0) is 11.3 Å². The fraction of sp³-hybridized carbons (Fsp3) is 0.471. The van der Waals surface area contributed by atoms with Gasteiger partial charge in [0.05, 0.1) is 18.1 Å². The van der Waals surface area contributed by atoms with E-state index in [9.17, 15) is 9.59 Å². The molecule has 2 aromatic carbocycles. The molecule has 3 aromatic rings. The fourth-order valence-corrected chi connectivity index (χ4v) is 6.71. The molecule has 1 saturated heterocycles. The van der Waals surface area contributed by atoms with Gasteiger partial charge in [-0.1, -0.05) is 51.0 Å². The van der Waals surface area contributed by atoms with E-state index in [1.165, 1.54) is 41.0 Å². The number of carbonyl (C=O) groups is 2. The van der Waals surface area contributed by atoms with Crippen molar-refractivity contribution in [3.05, 3.63) is 76.2 Å². The first kappa shape index (κ1) is 30.3. The fourth-order valence-electron chi connectivity index (χ4n) is 5.76. The van der Waals surface area contributed by atoms with Crippen LogP contribution in [0.15, 0.2) is 54.6 Å². The molecule has 1 aliphatic heterocycles. The summed E-state index contributed by atoms with van der Waals surface area (Å²) >= 11 is 1.83. The van der Waals surface area contributed by atoms with Gasteiger partial charge in [-0.2, -0.15) is 0 Å². The number of hydrogen-bond donors (Lipinski definition) is 4. The summed E-state index contributed by atoms with van der Waals surface area (Å²) < 4.78 is 0. The van der Waals surface area contributed by atoms with Crippen molar-refractivity contribution in [3.8, 4) is 10.4 Å². The Morgan fingerprint density at radius 3 is 2.50 bits per heavy atom. The standard InChI is InChI=1S/C34H45N5O2S/c1-21(2)32(35)34(41)39-19-28(20-39)38-27-13-12-22(3)30(17-27)33(40)37-23(4)24-8-7-9-25(16-24)31-15-14-29(42-31)18-36-26-10-5-6-11-26/h7-9,12-17,21,23,26,28,32,36,38H,5-6,10-11,18-20,35H2,1-4H3,(H,37,40). The molecule has 0 spiro atoms. The maximum Gasteiger partial charge on any atom is 0.252 e. The smallest absolute Gasteiger partial charge is 0.252 e. The lowest BCUT2D eigenvalue weighted by Crippen LogP contribution is -2.61. The van der Waals surface area contributed by atoms with Crippen LogP contribution in [0.3, 0.4) is 0 Å². The Kier molecular flexibility index (Phi) is 9.66. The van der Waals surface area contributed by atoms with Gasteiger partial charge in [-0.25, -0.2) is 0 Å². The number of amides is 2. The summed E-state index contributed by atoms with van der Waals surface area (Å²) in [7, 11) is 0. The minimum Gasteiger partial charge on any atom is -0.379 e. The molecule has 5 rings (SSSR count). The first-order valence-corrected chi connectivity index (χ1v) is 16.1. The molecule has 2 atom stereocenters. The molecule has 7 nitrogen and oxygen atoms in total. The van der Waals surface area contributed by atoms with Crippen LogP contribution in [0.25, 0.3) is 10.4 Å². The van der Waals surface area contributed by atoms with Crippen LogP contribution in [-0.4, -0.2) is 47.9 Å². The maximum absolute atomic E-state index is 13.4. The zero-order valence-electron chi connectivity index (χ0n) is 25.3. The predicted octanol–water partition coefficient (Wildman–Crippen LogP) is 5.85. The van der Waals surface area contributed by atoms with Crippen LogP contribution in [0.1, 0.15) is 78.9 Å². The summed E-state index contributed by atoms with van der Waals surface area (Å²) in [5.74, 6) is 0.0179. The van der Waals surface area contributed by atoms with Crippen molar-refractivity contribution < 1.29 is 9.59 Å². The summed E-state index contributed by atoms with van der Waals surface area (Å²) in [6.07, 6.45) is 5.27. The second-order valence-corrected chi connectivity index (χ2v) is 13.5. The molecular formula is C34H45N5O2S. The van der Waals surface area contributed by atoms with E-state index in [-0.39, 0.29) is 29.8 Å². The monoisotopic (exact) mass is 587 g/mol. The average molecular weight is 588 g/mol. The average Bonchev–Trinajstić information content (AvgIpc) is 3.66. The molecule has 5 N–H and O–H groups in total. The number of nitrogens with two attached hydrogens (primary N) is 1. The van der Waals surface area contributed by atoms with Gasteiger partial charge < -0.3 is 26.6 Å². The van der Waals surface area contributed by atoms with E-state index in [1.54, 1.807) is 4.90 Å².